The van der Waals surface area contributed by atoms with Crippen LogP contribution in [0, 0.1) is 0 Å². The van der Waals surface area contributed by atoms with E-state index in [1.165, 1.54) is 0 Å². The van der Waals surface area contributed by atoms with Crippen LogP contribution in [0.1, 0.15) is 0 Å². The van der Waals surface area contributed by atoms with Crippen molar-refractivity contribution in [1.82, 2.24) is 4.90 Å². The van der Waals surface area contributed by atoms with Gasteiger partial charge in [0.25, 0.3) is 0 Å². The Balaban J connectivity index is 3.84. The maximum atomic E-state index is 13.1. The summed E-state index contributed by atoms with van der Waals surface area (Å²) in [6, 6.07) is -22.1. The molecule has 0 aromatic heterocycles. The predicted octanol–water partition coefficient (Wildman–Crippen LogP) is 4.97. The third-order valence-corrected chi connectivity index (χ3v) is 3.20. The Hall–Kier alpha value is -0.540. The monoisotopic (exact) mass is 443 g/mol. The van der Waals surface area contributed by atoms with E-state index < -0.39 is 45.6 Å². The quantitative estimate of drug-likeness (QED) is 0.331. The Morgan fingerprint density at radius 2 is 0.826 bits per heavy atom. The molecule has 1 heterocycles. The average Bonchev–Trinajstić information content (AvgIpc) is 2.23. The fourth-order valence-electron chi connectivity index (χ4n) is 1.51. The summed E-state index contributed by atoms with van der Waals surface area (Å²) in [7, 11) is 0. The van der Waals surface area contributed by atoms with Gasteiger partial charge in [-0.15, -0.1) is 4.90 Å². The predicted molar refractivity (Wildman–Crippen MR) is 45.4 cm³/mol. The van der Waals surface area contributed by atoms with Crippen LogP contribution < -0.4 is 0 Å². The third kappa shape index (κ3) is 2.08. The molecule has 0 aromatic rings. The van der Waals surface area contributed by atoms with Crippen molar-refractivity contribution < 1.29 is 61.5 Å². The highest BCUT2D eigenvalue weighted by atomic mass is 79.9. The number of piperidine rings is 1. The fourth-order valence-corrected chi connectivity index (χ4v) is 1.69. The molecule has 0 unspecified atom stereocenters. The lowest BCUT2D eigenvalue weighted by atomic mass is 9.93. The molecule has 16 heteroatoms. The van der Waals surface area contributed by atoms with Gasteiger partial charge in [-0.05, 0) is 15.9 Å². The molecule has 0 bridgehead atoms. The normalized spacial score (nSPS) is 29.3. The van der Waals surface area contributed by atoms with Crippen LogP contribution in [0.25, 0.3) is 0 Å². The number of halogens is 15. The summed E-state index contributed by atoms with van der Waals surface area (Å²) in [5.74, 6) is -22.6. The van der Waals surface area contributed by atoms with Crippen molar-refractivity contribution in [2.75, 3.05) is 0 Å². The van der Waals surface area contributed by atoms with Crippen molar-refractivity contribution >= 4 is 15.9 Å². The lowest BCUT2D eigenvalue weighted by Crippen LogP contribution is -2.85. The van der Waals surface area contributed by atoms with Crippen LogP contribution in [-0.2, 0) is 0 Å². The summed E-state index contributed by atoms with van der Waals surface area (Å²) in [4.78, 5) is -10.1. The molecule has 0 atom stereocenters. The maximum absolute atomic E-state index is 13.1. The first-order valence-corrected chi connectivity index (χ1v) is 5.55. The molecule has 23 heavy (non-hydrogen) atoms. The molecule has 0 radical (unpaired) electrons. The lowest BCUT2D eigenvalue weighted by Gasteiger charge is -2.53. The molecule has 1 rings (SSSR count). The van der Waals surface area contributed by atoms with Crippen LogP contribution in [0.4, 0.5) is 61.5 Å². The van der Waals surface area contributed by atoms with Crippen molar-refractivity contribution in [2.24, 2.45) is 0 Å². The van der Waals surface area contributed by atoms with Gasteiger partial charge < -0.3 is 0 Å². The van der Waals surface area contributed by atoms with E-state index in [4.69, 9.17) is 0 Å². The molecule has 1 aliphatic rings. The van der Waals surface area contributed by atoms with Gasteiger partial charge >= 0.3 is 40.7 Å². The van der Waals surface area contributed by atoms with Crippen LogP contribution in [0.3, 0.4) is 0 Å². The molecule has 0 saturated carbocycles. The second kappa shape index (κ2) is 4.54. The first-order valence-electron chi connectivity index (χ1n) is 4.76. The number of nitrogens with zero attached hydrogens (tertiary/aromatic N) is 1. The first-order chi connectivity index (χ1) is 9.62. The van der Waals surface area contributed by atoms with E-state index in [1.807, 2.05) is 0 Å². The lowest BCUT2D eigenvalue weighted by molar-refractivity contribution is -0.542. The molecule has 1 aliphatic heterocycles. The minimum Gasteiger partial charge on any atom is -0.192 e. The van der Waals surface area contributed by atoms with Gasteiger partial charge in [0.2, 0.25) is 0 Å². The highest BCUT2D eigenvalue weighted by molar-refractivity contribution is 9.10. The van der Waals surface area contributed by atoms with E-state index >= 15 is 0 Å². The van der Waals surface area contributed by atoms with Crippen LogP contribution >= 0.6 is 15.9 Å². The molecule has 0 aromatic carbocycles. The highest BCUT2D eigenvalue weighted by Gasteiger charge is 2.98. The molecule has 0 aliphatic carbocycles. The summed E-state index contributed by atoms with van der Waals surface area (Å²) in [6.45, 7) is 0. The van der Waals surface area contributed by atoms with Crippen LogP contribution in [-0.4, -0.2) is 45.6 Å². The Bertz CT molecular complexity index is 462. The van der Waals surface area contributed by atoms with Crippen molar-refractivity contribution in [1.29, 1.82) is 0 Å². The fraction of sp³-hybridized carbons (Fsp3) is 1.00. The summed E-state index contributed by atoms with van der Waals surface area (Å²) < 4.78 is 180. The molecule has 0 N–H and O–H groups in total. The SMILES string of the molecule is FC(F)(Br)C(F)(F)N1C(F)(F)C(F)(F)C(F)(F)C(F)(F)C1(F)F. The summed E-state index contributed by atoms with van der Waals surface area (Å²) in [6.07, 6.45) is 0. The van der Waals surface area contributed by atoms with Crippen molar-refractivity contribution in [3.05, 3.63) is 0 Å². The van der Waals surface area contributed by atoms with Gasteiger partial charge in [0.1, 0.15) is 0 Å². The molecule has 0 spiro atoms. The van der Waals surface area contributed by atoms with Crippen LogP contribution in [0.5, 0.6) is 0 Å². The average molecular weight is 444 g/mol. The minimum atomic E-state index is -7.55. The summed E-state index contributed by atoms with van der Waals surface area (Å²) >= 11 is 0.574. The summed E-state index contributed by atoms with van der Waals surface area (Å²) in [5, 5.41) is 0. The third-order valence-electron chi connectivity index (χ3n) is 2.73. The van der Waals surface area contributed by atoms with E-state index in [0.29, 0.717) is 15.9 Å². The maximum Gasteiger partial charge on any atom is 0.393 e. The van der Waals surface area contributed by atoms with Crippen LogP contribution in [0.15, 0.2) is 0 Å². The van der Waals surface area contributed by atoms with Gasteiger partial charge in [0, 0.05) is 0 Å². The molecule has 0 amide bonds. The van der Waals surface area contributed by atoms with Crippen LogP contribution in [0.2, 0.25) is 0 Å². The Morgan fingerprint density at radius 3 is 1.04 bits per heavy atom. The van der Waals surface area contributed by atoms with Gasteiger partial charge in [0.05, 0.1) is 0 Å². The second-order valence-electron chi connectivity index (χ2n) is 4.18. The molecular formula is C7BrF14N. The first kappa shape index (κ1) is 20.5. The van der Waals surface area contributed by atoms with E-state index in [0.717, 1.165) is 0 Å². The van der Waals surface area contributed by atoms with Gasteiger partial charge in [-0.3, -0.25) is 0 Å². The minimum absolute atomic E-state index is 0.574. The zero-order valence-corrected chi connectivity index (χ0v) is 11.2. The Morgan fingerprint density at radius 1 is 0.565 bits per heavy atom. The van der Waals surface area contributed by atoms with Crippen molar-refractivity contribution in [3.63, 3.8) is 0 Å². The zero-order chi connectivity index (χ0) is 19.1. The molecule has 1 nitrogen and oxygen atoms in total. The second-order valence-corrected chi connectivity index (χ2v) is 5.18. The number of alkyl halides is 15. The Kier molecular flexibility index (Phi) is 4.05. The Labute approximate surface area is 124 Å². The van der Waals surface area contributed by atoms with Crippen molar-refractivity contribution in [3.8, 4) is 0 Å². The largest absolute Gasteiger partial charge is 0.393 e. The number of likely N-dealkylation sites (tertiary alicyclic amines) is 1. The summed E-state index contributed by atoms with van der Waals surface area (Å²) in [5.41, 5.74) is 0. The number of hydrogen-bond acceptors (Lipinski definition) is 1. The van der Waals surface area contributed by atoms with E-state index in [9.17, 15) is 61.5 Å². The number of rotatable bonds is 2. The molecule has 138 valence electrons. The smallest absolute Gasteiger partial charge is 0.192 e. The molecular weight excluding hydrogens is 444 g/mol. The van der Waals surface area contributed by atoms with Gasteiger partial charge in [0.15, 0.2) is 0 Å². The van der Waals surface area contributed by atoms with Crippen molar-refractivity contribution in [2.45, 2.75) is 40.7 Å². The molecule has 1 fully saturated rings. The number of hydrogen-bond donors (Lipinski definition) is 0. The van der Waals surface area contributed by atoms with Gasteiger partial charge in [-0.1, -0.05) is 0 Å². The highest BCUT2D eigenvalue weighted by Crippen LogP contribution is 2.67. The topological polar surface area (TPSA) is 3.24 Å². The van der Waals surface area contributed by atoms with Gasteiger partial charge in [-0.25, -0.2) is 0 Å². The molecule has 1 saturated heterocycles. The standard InChI is InChI=1S/C7BrF14N/c8-4(15,16)7(21,22)23-5(17,18)2(11,12)1(9,10)3(13,14)6(23,19)20. The zero-order valence-electron chi connectivity index (χ0n) is 9.62. The van der Waals surface area contributed by atoms with E-state index in [2.05, 4.69) is 0 Å². The van der Waals surface area contributed by atoms with Gasteiger partial charge in [-0.2, -0.15) is 61.5 Å². The van der Waals surface area contributed by atoms with E-state index in [1.54, 1.807) is 0 Å². The van der Waals surface area contributed by atoms with E-state index in [-0.39, 0.29) is 0 Å².